The molecule has 0 radical (unpaired) electrons. The van der Waals surface area contributed by atoms with E-state index in [1.165, 1.54) is 0 Å². The molecule has 0 aliphatic carbocycles. The first kappa shape index (κ1) is 25.0. The van der Waals surface area contributed by atoms with Crippen LogP contribution in [0.4, 0.5) is 0 Å². The van der Waals surface area contributed by atoms with Gasteiger partial charge in [0.2, 0.25) is 0 Å². The van der Waals surface area contributed by atoms with Gasteiger partial charge in [-0.15, -0.1) is 0 Å². The molecule has 0 amide bonds. The third-order valence-electron chi connectivity index (χ3n) is 4.05. The summed E-state index contributed by atoms with van der Waals surface area (Å²) in [6.07, 6.45) is 0. The van der Waals surface area contributed by atoms with Gasteiger partial charge in [0.1, 0.15) is 0 Å². The molecule has 0 heterocycles. The highest BCUT2D eigenvalue weighted by Crippen LogP contribution is 2.72. The summed E-state index contributed by atoms with van der Waals surface area (Å²) in [6, 6.07) is 15.4. The summed E-state index contributed by atoms with van der Waals surface area (Å²) < 4.78 is 29.3. The monoisotopic (exact) mass is 468 g/mol. The molecule has 0 saturated heterocycles. The Hall–Kier alpha value is -1.24. The molecule has 2 rings (SSSR count). The molecular formula is C22H29O5PS2. The fraction of sp³-hybridized carbons (Fsp3) is 0.409. The maximum Gasteiger partial charge on any atom is 0.368 e. The van der Waals surface area contributed by atoms with Crippen LogP contribution >= 0.6 is 31.1 Å². The average molecular weight is 469 g/mol. The molecule has 30 heavy (non-hydrogen) atoms. The fourth-order valence-electron chi connectivity index (χ4n) is 2.63. The van der Waals surface area contributed by atoms with E-state index in [1.54, 1.807) is 20.8 Å². The van der Waals surface area contributed by atoms with E-state index >= 15 is 0 Å². The Morgan fingerprint density at radius 2 is 1.20 bits per heavy atom. The second kappa shape index (κ2) is 11.4. The van der Waals surface area contributed by atoms with E-state index in [0.717, 1.165) is 44.4 Å². The largest absolute Gasteiger partial charge is 0.464 e. The third kappa shape index (κ3) is 5.92. The highest BCUT2D eigenvalue weighted by atomic mass is 32.2. The Labute approximate surface area is 187 Å². The van der Waals surface area contributed by atoms with E-state index in [9.17, 15) is 9.36 Å². The van der Waals surface area contributed by atoms with Gasteiger partial charge in [0.15, 0.2) is 0 Å². The molecule has 0 bridgehead atoms. The van der Waals surface area contributed by atoms with Crippen molar-refractivity contribution in [1.82, 2.24) is 0 Å². The minimum absolute atomic E-state index is 0.140. The maximum atomic E-state index is 14.1. The van der Waals surface area contributed by atoms with Gasteiger partial charge in [0, 0.05) is 9.79 Å². The number of hydrogen-bond donors (Lipinski definition) is 0. The van der Waals surface area contributed by atoms with Crippen molar-refractivity contribution in [1.29, 1.82) is 0 Å². The molecule has 164 valence electrons. The predicted molar refractivity (Wildman–Crippen MR) is 124 cm³/mol. The molecule has 0 atom stereocenters. The van der Waals surface area contributed by atoms with E-state index in [1.807, 2.05) is 62.4 Å². The molecule has 0 aromatic heterocycles. The normalized spacial score (nSPS) is 12.0. The third-order valence-corrected chi connectivity index (χ3v) is 10.4. The van der Waals surface area contributed by atoms with Gasteiger partial charge in [-0.2, -0.15) is 0 Å². The van der Waals surface area contributed by atoms with Crippen LogP contribution in [0.5, 0.6) is 0 Å². The van der Waals surface area contributed by atoms with E-state index in [-0.39, 0.29) is 19.8 Å². The van der Waals surface area contributed by atoms with Gasteiger partial charge < -0.3 is 13.8 Å². The zero-order valence-corrected chi connectivity index (χ0v) is 20.6. The number of carbonyl (C=O) groups excluding carboxylic acids is 1. The number of carbonyl (C=O) groups is 1. The van der Waals surface area contributed by atoms with Crippen LogP contribution in [0.3, 0.4) is 0 Å². The van der Waals surface area contributed by atoms with Gasteiger partial charge in [0.05, 0.1) is 19.8 Å². The molecule has 2 aromatic carbocycles. The summed E-state index contributed by atoms with van der Waals surface area (Å²) >= 11 is 2.31. The average Bonchev–Trinajstić information content (AvgIpc) is 2.71. The highest BCUT2D eigenvalue weighted by Gasteiger charge is 2.60. The van der Waals surface area contributed by atoms with Crippen molar-refractivity contribution < 1.29 is 23.1 Å². The van der Waals surface area contributed by atoms with Crippen LogP contribution in [0.1, 0.15) is 31.9 Å². The number of benzene rings is 2. The van der Waals surface area contributed by atoms with E-state index in [0.29, 0.717) is 0 Å². The Bertz CT molecular complexity index is 811. The number of rotatable bonds is 11. The van der Waals surface area contributed by atoms with Gasteiger partial charge in [-0.3, -0.25) is 4.57 Å². The summed E-state index contributed by atoms with van der Waals surface area (Å²) in [4.78, 5) is 15.0. The van der Waals surface area contributed by atoms with Gasteiger partial charge in [-0.1, -0.05) is 58.9 Å². The molecule has 2 aromatic rings. The van der Waals surface area contributed by atoms with Crippen LogP contribution in [0.15, 0.2) is 58.3 Å². The number of ether oxygens (including phenoxy) is 1. The zero-order valence-electron chi connectivity index (χ0n) is 18.0. The molecule has 0 aliphatic heterocycles. The summed E-state index contributed by atoms with van der Waals surface area (Å²) in [6.45, 7) is 9.59. The molecular weight excluding hydrogens is 439 g/mol. The summed E-state index contributed by atoms with van der Waals surface area (Å²) in [5.41, 5.74) is 2.18. The molecule has 0 saturated carbocycles. The SMILES string of the molecule is CCOC(=O)C(Sc1ccc(C)cc1)(Sc1ccc(C)cc1)P(=O)(OCC)OCC. The fourth-order valence-corrected chi connectivity index (χ4v) is 8.38. The van der Waals surface area contributed by atoms with E-state index in [4.69, 9.17) is 13.8 Å². The smallest absolute Gasteiger partial charge is 0.368 e. The Morgan fingerprint density at radius 1 is 0.800 bits per heavy atom. The Morgan fingerprint density at radius 3 is 1.53 bits per heavy atom. The van der Waals surface area contributed by atoms with Crippen molar-refractivity contribution in [3.05, 3.63) is 59.7 Å². The lowest BCUT2D eigenvalue weighted by atomic mass is 10.2. The van der Waals surface area contributed by atoms with Crippen LogP contribution in [0.25, 0.3) is 0 Å². The topological polar surface area (TPSA) is 61.8 Å². The summed E-state index contributed by atoms with van der Waals surface area (Å²) in [5, 5.41) is 0. The van der Waals surface area contributed by atoms with Crippen LogP contribution in [-0.4, -0.2) is 29.6 Å². The summed E-state index contributed by atoms with van der Waals surface area (Å²) in [7, 11) is -3.95. The lowest BCUT2D eigenvalue weighted by Crippen LogP contribution is -2.35. The molecule has 0 spiro atoms. The first-order valence-corrected chi connectivity index (χ1v) is 13.1. The van der Waals surface area contributed by atoms with Crippen molar-refractivity contribution >= 4 is 37.1 Å². The van der Waals surface area contributed by atoms with Crippen LogP contribution in [-0.2, 0) is 23.1 Å². The molecule has 5 nitrogen and oxygen atoms in total. The van der Waals surface area contributed by atoms with Gasteiger partial charge >= 0.3 is 13.6 Å². The van der Waals surface area contributed by atoms with Crippen molar-refractivity contribution in [2.24, 2.45) is 0 Å². The number of hydrogen-bond acceptors (Lipinski definition) is 7. The lowest BCUT2D eigenvalue weighted by molar-refractivity contribution is -0.142. The molecule has 0 aliphatic rings. The Balaban J connectivity index is 2.67. The number of aryl methyl sites for hydroxylation is 2. The lowest BCUT2D eigenvalue weighted by Gasteiger charge is -2.35. The second-order valence-corrected chi connectivity index (χ2v) is 12.1. The van der Waals surface area contributed by atoms with Gasteiger partial charge in [-0.25, -0.2) is 4.79 Å². The van der Waals surface area contributed by atoms with Gasteiger partial charge in [0.25, 0.3) is 3.82 Å². The minimum Gasteiger partial charge on any atom is -0.464 e. The molecule has 0 fully saturated rings. The molecule has 0 N–H and O–H groups in total. The van der Waals surface area contributed by atoms with E-state index < -0.39 is 17.4 Å². The second-order valence-electron chi connectivity index (χ2n) is 6.47. The maximum absolute atomic E-state index is 14.1. The van der Waals surface area contributed by atoms with Crippen LogP contribution in [0, 0.1) is 13.8 Å². The predicted octanol–water partition coefficient (Wildman–Crippen LogP) is 6.67. The molecule has 8 heteroatoms. The first-order chi connectivity index (χ1) is 14.3. The van der Waals surface area contributed by atoms with Crippen LogP contribution in [0.2, 0.25) is 0 Å². The number of esters is 1. The quantitative estimate of drug-likeness (QED) is 0.158. The molecule has 0 unspecified atom stereocenters. The summed E-state index contributed by atoms with van der Waals surface area (Å²) in [5.74, 6) is -0.633. The minimum atomic E-state index is -3.95. The zero-order chi connectivity index (χ0) is 22.2. The van der Waals surface area contributed by atoms with Crippen molar-refractivity contribution in [2.75, 3.05) is 19.8 Å². The highest BCUT2D eigenvalue weighted by molar-refractivity contribution is 8.26. The first-order valence-electron chi connectivity index (χ1n) is 9.88. The van der Waals surface area contributed by atoms with E-state index in [2.05, 4.69) is 0 Å². The van der Waals surface area contributed by atoms with Crippen molar-refractivity contribution in [2.45, 2.75) is 48.2 Å². The number of thioether (sulfide) groups is 2. The van der Waals surface area contributed by atoms with Crippen LogP contribution < -0.4 is 0 Å². The standard InChI is InChI=1S/C22H29O5PS2/c1-6-25-21(23)22(28(24,26-7-2)27-8-3,29-19-13-9-17(4)10-14-19)30-20-15-11-18(5)12-16-20/h9-16H,6-8H2,1-5H3. The van der Waals surface area contributed by atoms with Crippen molar-refractivity contribution in [3.63, 3.8) is 0 Å². The Kier molecular flexibility index (Phi) is 9.51. The van der Waals surface area contributed by atoms with Gasteiger partial charge in [-0.05, 0) is 58.9 Å². The van der Waals surface area contributed by atoms with Crippen molar-refractivity contribution in [3.8, 4) is 0 Å².